The second-order valence-corrected chi connectivity index (χ2v) is 10.5. The van der Waals surface area contributed by atoms with Gasteiger partial charge < -0.3 is 25.2 Å². The van der Waals surface area contributed by atoms with Crippen molar-refractivity contribution in [3.63, 3.8) is 0 Å². The zero-order valence-corrected chi connectivity index (χ0v) is 22.0. The van der Waals surface area contributed by atoms with Gasteiger partial charge in [0.1, 0.15) is 11.8 Å². The van der Waals surface area contributed by atoms with E-state index in [0.717, 1.165) is 36.0 Å². The van der Waals surface area contributed by atoms with Crippen LogP contribution in [0.4, 0.5) is 17.1 Å². The molecular weight excluding hydrogens is 484 g/mol. The number of carbonyl (C=O) groups is 2. The van der Waals surface area contributed by atoms with Crippen molar-refractivity contribution in [2.45, 2.75) is 18.7 Å². The van der Waals surface area contributed by atoms with E-state index < -0.39 is 0 Å². The molecule has 2 aliphatic heterocycles. The molecule has 5 rings (SSSR count). The van der Waals surface area contributed by atoms with E-state index in [1.54, 1.807) is 24.9 Å². The van der Waals surface area contributed by atoms with Gasteiger partial charge in [-0.05, 0) is 55.0 Å². The standard InChI is InChI=1S/C29H32N4O3S/c1-20-3-5-21(6-4-20)18-37-19-27-28(34)31-26-17-22(7-12-25(26)30-27)29(35)33-15-13-32(14-16-33)23-8-10-24(36-2)11-9-23/h3-12,17,27,30H,13-16,18-19H2,1-2H3,(H,31,34)/t27-/m0/s1. The van der Waals surface area contributed by atoms with Crippen molar-refractivity contribution in [2.75, 3.05) is 54.6 Å². The summed E-state index contributed by atoms with van der Waals surface area (Å²) in [5.41, 5.74) is 5.72. The molecule has 3 aromatic carbocycles. The summed E-state index contributed by atoms with van der Waals surface area (Å²) in [6.07, 6.45) is 0. The molecule has 37 heavy (non-hydrogen) atoms. The Bertz CT molecular complexity index is 1260. The highest BCUT2D eigenvalue weighted by Gasteiger charge is 2.28. The fraction of sp³-hybridized carbons (Fsp3) is 0.310. The van der Waals surface area contributed by atoms with Crippen LogP contribution in [0.25, 0.3) is 0 Å². The fourth-order valence-electron chi connectivity index (χ4n) is 4.62. The molecule has 1 atom stereocenters. The lowest BCUT2D eigenvalue weighted by Crippen LogP contribution is -2.48. The molecule has 2 heterocycles. The average Bonchev–Trinajstić information content (AvgIpc) is 2.94. The van der Waals surface area contributed by atoms with Gasteiger partial charge in [0.05, 0.1) is 18.5 Å². The third-order valence-corrected chi connectivity index (χ3v) is 7.96. The number of ether oxygens (including phenoxy) is 1. The van der Waals surface area contributed by atoms with Crippen molar-refractivity contribution >= 4 is 40.6 Å². The van der Waals surface area contributed by atoms with Gasteiger partial charge in [-0.2, -0.15) is 11.8 Å². The second-order valence-electron chi connectivity index (χ2n) is 9.42. The van der Waals surface area contributed by atoms with Crippen molar-refractivity contribution in [1.82, 2.24) is 4.90 Å². The summed E-state index contributed by atoms with van der Waals surface area (Å²) in [5.74, 6) is 2.28. The molecule has 0 spiro atoms. The molecule has 0 aliphatic carbocycles. The van der Waals surface area contributed by atoms with E-state index >= 15 is 0 Å². The highest BCUT2D eigenvalue weighted by atomic mass is 32.2. The van der Waals surface area contributed by atoms with Crippen LogP contribution >= 0.6 is 11.8 Å². The first-order chi connectivity index (χ1) is 18.0. The largest absolute Gasteiger partial charge is 0.497 e. The first kappa shape index (κ1) is 25.0. The van der Waals surface area contributed by atoms with Gasteiger partial charge >= 0.3 is 0 Å². The van der Waals surface area contributed by atoms with Crippen molar-refractivity contribution in [3.8, 4) is 5.75 Å². The van der Waals surface area contributed by atoms with Gasteiger partial charge in [-0.1, -0.05) is 29.8 Å². The lowest BCUT2D eigenvalue weighted by molar-refractivity contribution is -0.116. The summed E-state index contributed by atoms with van der Waals surface area (Å²) < 4.78 is 5.24. The molecule has 0 bridgehead atoms. The number of rotatable bonds is 7. The molecule has 0 saturated carbocycles. The predicted octanol–water partition coefficient (Wildman–Crippen LogP) is 4.63. The molecule has 2 amide bonds. The molecule has 8 heteroatoms. The molecular formula is C29H32N4O3S. The molecule has 2 aliphatic rings. The van der Waals surface area contributed by atoms with Gasteiger partial charge in [-0.25, -0.2) is 0 Å². The molecule has 3 aromatic rings. The second kappa shape index (κ2) is 11.2. The monoisotopic (exact) mass is 516 g/mol. The van der Waals surface area contributed by atoms with E-state index in [0.29, 0.717) is 30.1 Å². The third kappa shape index (κ3) is 5.85. The number of hydrogen-bond acceptors (Lipinski definition) is 6. The van der Waals surface area contributed by atoms with Crippen LogP contribution in [0.15, 0.2) is 66.7 Å². The Morgan fingerprint density at radius 3 is 2.41 bits per heavy atom. The molecule has 1 fully saturated rings. The summed E-state index contributed by atoms with van der Waals surface area (Å²) in [7, 11) is 1.66. The molecule has 192 valence electrons. The minimum absolute atomic E-state index is 0.0118. The van der Waals surface area contributed by atoms with Gasteiger partial charge in [0.25, 0.3) is 5.91 Å². The van der Waals surface area contributed by atoms with Crippen molar-refractivity contribution in [1.29, 1.82) is 0 Å². The van der Waals surface area contributed by atoms with Crippen LogP contribution in [0.2, 0.25) is 0 Å². The van der Waals surface area contributed by atoms with Crippen LogP contribution in [0.3, 0.4) is 0 Å². The summed E-state index contributed by atoms with van der Waals surface area (Å²) in [4.78, 5) is 30.1. The quantitative estimate of drug-likeness (QED) is 0.477. The normalized spacial score (nSPS) is 17.0. The Balaban J connectivity index is 1.15. The SMILES string of the molecule is COc1ccc(N2CCN(C(=O)c3ccc4c(c3)NC(=O)[C@H](CSCc3ccc(C)cc3)N4)CC2)cc1. The number of hydrogen-bond donors (Lipinski definition) is 2. The number of carbonyl (C=O) groups excluding carboxylic acids is 2. The topological polar surface area (TPSA) is 73.9 Å². The van der Waals surface area contributed by atoms with Gasteiger partial charge in [0, 0.05) is 48.9 Å². The lowest BCUT2D eigenvalue weighted by Gasteiger charge is -2.36. The number of anilines is 3. The number of aryl methyl sites for hydroxylation is 1. The van der Waals surface area contributed by atoms with Crippen LogP contribution in [0.1, 0.15) is 21.5 Å². The molecule has 0 radical (unpaired) electrons. The van der Waals surface area contributed by atoms with Crippen LogP contribution < -0.4 is 20.3 Å². The summed E-state index contributed by atoms with van der Waals surface area (Å²) >= 11 is 1.73. The Morgan fingerprint density at radius 2 is 1.70 bits per heavy atom. The van der Waals surface area contributed by atoms with Crippen molar-refractivity contribution < 1.29 is 14.3 Å². The van der Waals surface area contributed by atoms with E-state index in [4.69, 9.17) is 4.74 Å². The fourth-order valence-corrected chi connectivity index (χ4v) is 5.64. The number of amides is 2. The highest BCUT2D eigenvalue weighted by molar-refractivity contribution is 7.98. The number of thioether (sulfide) groups is 1. The van der Waals surface area contributed by atoms with Crippen LogP contribution in [0, 0.1) is 6.92 Å². The third-order valence-electron chi connectivity index (χ3n) is 6.85. The zero-order chi connectivity index (χ0) is 25.8. The molecule has 0 aromatic heterocycles. The predicted molar refractivity (Wildman–Crippen MR) is 151 cm³/mol. The van der Waals surface area contributed by atoms with E-state index in [1.165, 1.54) is 11.1 Å². The van der Waals surface area contributed by atoms with E-state index in [-0.39, 0.29) is 17.9 Å². The molecule has 0 unspecified atom stereocenters. The first-order valence-corrected chi connectivity index (χ1v) is 13.7. The van der Waals surface area contributed by atoms with Crippen molar-refractivity contribution in [2.24, 2.45) is 0 Å². The molecule has 2 N–H and O–H groups in total. The Labute approximate surface area is 222 Å². The van der Waals surface area contributed by atoms with E-state index in [9.17, 15) is 9.59 Å². The maximum atomic E-state index is 13.2. The highest BCUT2D eigenvalue weighted by Crippen LogP contribution is 2.30. The maximum absolute atomic E-state index is 13.2. The van der Waals surface area contributed by atoms with Crippen LogP contribution in [-0.4, -0.2) is 61.8 Å². The smallest absolute Gasteiger partial charge is 0.254 e. The minimum atomic E-state index is -0.310. The molecule has 7 nitrogen and oxygen atoms in total. The number of piperazine rings is 1. The summed E-state index contributed by atoms with van der Waals surface area (Å²) in [6, 6.07) is 21.7. The van der Waals surface area contributed by atoms with Crippen molar-refractivity contribution in [3.05, 3.63) is 83.4 Å². The summed E-state index contributed by atoms with van der Waals surface area (Å²) in [5, 5.41) is 6.34. The Morgan fingerprint density at radius 1 is 0.973 bits per heavy atom. The average molecular weight is 517 g/mol. The number of benzene rings is 3. The Kier molecular flexibility index (Phi) is 7.55. The van der Waals surface area contributed by atoms with Crippen LogP contribution in [0.5, 0.6) is 5.75 Å². The molecule has 1 saturated heterocycles. The number of nitrogens with one attached hydrogen (secondary N) is 2. The van der Waals surface area contributed by atoms with Gasteiger partial charge in [0.2, 0.25) is 5.91 Å². The van der Waals surface area contributed by atoms with Gasteiger partial charge in [0.15, 0.2) is 0 Å². The van der Waals surface area contributed by atoms with Gasteiger partial charge in [-0.3, -0.25) is 9.59 Å². The number of methoxy groups -OCH3 is 1. The van der Waals surface area contributed by atoms with Gasteiger partial charge in [-0.15, -0.1) is 0 Å². The van der Waals surface area contributed by atoms with E-state index in [2.05, 4.69) is 46.7 Å². The lowest BCUT2D eigenvalue weighted by atomic mass is 10.1. The number of nitrogens with zero attached hydrogens (tertiary/aromatic N) is 2. The Hall–Kier alpha value is -3.65. The summed E-state index contributed by atoms with van der Waals surface area (Å²) in [6.45, 7) is 4.90. The zero-order valence-electron chi connectivity index (χ0n) is 21.2. The first-order valence-electron chi connectivity index (χ1n) is 12.5. The minimum Gasteiger partial charge on any atom is -0.497 e. The maximum Gasteiger partial charge on any atom is 0.254 e. The number of fused-ring (bicyclic) bond motifs is 1. The van der Waals surface area contributed by atoms with E-state index in [1.807, 2.05) is 41.3 Å². The van der Waals surface area contributed by atoms with Crippen LogP contribution in [-0.2, 0) is 10.5 Å².